The third-order valence-corrected chi connectivity index (χ3v) is 3.82. The highest BCUT2D eigenvalue weighted by molar-refractivity contribution is 5.33. The second-order valence-corrected chi connectivity index (χ2v) is 5.94. The molecule has 3 nitrogen and oxygen atoms in total. The molecular weight excluding hydrogens is 253 g/mol. The van der Waals surface area contributed by atoms with E-state index in [1.165, 1.54) is 25.0 Å². The van der Waals surface area contributed by atoms with Gasteiger partial charge in [0.05, 0.1) is 11.6 Å². The predicted molar refractivity (Wildman–Crippen MR) is 77.7 cm³/mol. The molecule has 2 rings (SSSR count). The molecule has 0 N–H and O–H groups in total. The van der Waals surface area contributed by atoms with Crippen LogP contribution in [-0.2, 0) is 6.54 Å². The Balaban J connectivity index is 1.90. The molecule has 1 heterocycles. The molecule has 0 unspecified atom stereocenters. The predicted octanol–water partition coefficient (Wildman–Crippen LogP) is 2.47. The molecule has 0 aromatic heterocycles. The Labute approximate surface area is 120 Å². The Morgan fingerprint density at radius 2 is 2.00 bits per heavy atom. The molecular formula is C16H22FN3. The molecule has 1 fully saturated rings. The number of halogens is 1. The first-order valence-electron chi connectivity index (χ1n) is 7.13. The molecule has 1 aromatic carbocycles. The van der Waals surface area contributed by atoms with Gasteiger partial charge in [-0.1, -0.05) is 0 Å². The van der Waals surface area contributed by atoms with Crippen LogP contribution in [-0.4, -0.2) is 43.5 Å². The summed E-state index contributed by atoms with van der Waals surface area (Å²) >= 11 is 0. The van der Waals surface area contributed by atoms with Crippen molar-refractivity contribution in [2.75, 3.05) is 33.7 Å². The Hall–Kier alpha value is -1.44. The van der Waals surface area contributed by atoms with Crippen molar-refractivity contribution in [2.24, 2.45) is 5.92 Å². The second-order valence-electron chi connectivity index (χ2n) is 5.94. The van der Waals surface area contributed by atoms with Crippen molar-refractivity contribution in [1.29, 1.82) is 5.26 Å². The average Bonchev–Trinajstić information content (AvgIpc) is 2.39. The normalized spacial score (nSPS) is 17.4. The first kappa shape index (κ1) is 15.0. The summed E-state index contributed by atoms with van der Waals surface area (Å²) in [7, 11) is 4.23. The lowest BCUT2D eigenvalue weighted by molar-refractivity contribution is 0.157. The van der Waals surface area contributed by atoms with E-state index in [4.69, 9.17) is 5.26 Å². The van der Waals surface area contributed by atoms with E-state index in [2.05, 4.69) is 23.9 Å². The van der Waals surface area contributed by atoms with Crippen molar-refractivity contribution in [3.05, 3.63) is 35.1 Å². The van der Waals surface area contributed by atoms with Crippen LogP contribution in [0.15, 0.2) is 18.2 Å². The monoisotopic (exact) mass is 275 g/mol. The van der Waals surface area contributed by atoms with Crippen LogP contribution >= 0.6 is 0 Å². The van der Waals surface area contributed by atoms with E-state index in [1.807, 2.05) is 6.07 Å². The van der Waals surface area contributed by atoms with E-state index < -0.39 is 0 Å². The van der Waals surface area contributed by atoms with E-state index >= 15 is 0 Å². The summed E-state index contributed by atoms with van der Waals surface area (Å²) in [4.78, 5) is 4.59. The summed E-state index contributed by atoms with van der Waals surface area (Å²) in [5.41, 5.74) is 1.30. The third-order valence-electron chi connectivity index (χ3n) is 3.82. The Morgan fingerprint density at radius 3 is 2.60 bits per heavy atom. The largest absolute Gasteiger partial charge is 0.309 e. The van der Waals surface area contributed by atoms with Crippen molar-refractivity contribution in [2.45, 2.75) is 19.4 Å². The Bertz CT molecular complexity index is 485. The van der Waals surface area contributed by atoms with Gasteiger partial charge >= 0.3 is 0 Å². The van der Waals surface area contributed by atoms with Gasteiger partial charge in [0.25, 0.3) is 0 Å². The van der Waals surface area contributed by atoms with Gasteiger partial charge in [0.2, 0.25) is 0 Å². The van der Waals surface area contributed by atoms with E-state index in [9.17, 15) is 4.39 Å². The first-order valence-corrected chi connectivity index (χ1v) is 7.13. The molecule has 4 heteroatoms. The van der Waals surface area contributed by atoms with Crippen LogP contribution in [0.5, 0.6) is 0 Å². The molecule has 0 bridgehead atoms. The quantitative estimate of drug-likeness (QED) is 0.845. The lowest BCUT2D eigenvalue weighted by Gasteiger charge is -2.33. The molecule has 1 aromatic rings. The zero-order valence-corrected chi connectivity index (χ0v) is 12.3. The maximum absolute atomic E-state index is 13.4. The summed E-state index contributed by atoms with van der Waals surface area (Å²) < 4.78 is 13.4. The number of hydrogen-bond acceptors (Lipinski definition) is 3. The van der Waals surface area contributed by atoms with Gasteiger partial charge in [-0.2, -0.15) is 5.26 Å². The van der Waals surface area contributed by atoms with Gasteiger partial charge in [-0.15, -0.1) is 0 Å². The lowest BCUT2D eigenvalue weighted by Crippen LogP contribution is -2.36. The highest BCUT2D eigenvalue weighted by atomic mass is 19.1. The molecule has 20 heavy (non-hydrogen) atoms. The fourth-order valence-corrected chi connectivity index (χ4v) is 2.91. The minimum absolute atomic E-state index is 0.318. The van der Waals surface area contributed by atoms with Crippen LogP contribution in [0.25, 0.3) is 0 Å². The van der Waals surface area contributed by atoms with Gasteiger partial charge in [0.15, 0.2) is 0 Å². The average molecular weight is 275 g/mol. The topological polar surface area (TPSA) is 30.3 Å². The van der Waals surface area contributed by atoms with Crippen molar-refractivity contribution >= 4 is 0 Å². The van der Waals surface area contributed by atoms with Crippen molar-refractivity contribution in [3.8, 4) is 6.07 Å². The fourth-order valence-electron chi connectivity index (χ4n) is 2.91. The number of likely N-dealkylation sites (tertiary alicyclic amines) is 1. The maximum Gasteiger partial charge on any atom is 0.124 e. The lowest BCUT2D eigenvalue weighted by atomic mass is 9.96. The molecule has 0 saturated carbocycles. The SMILES string of the molecule is CN(C)CC1CCN(Cc2cc(F)cc(C#N)c2)CC1. The summed E-state index contributed by atoms with van der Waals surface area (Å²) in [5, 5.41) is 8.88. The van der Waals surface area contributed by atoms with Gasteiger partial charge in [0.1, 0.15) is 5.82 Å². The number of nitrogens with zero attached hydrogens (tertiary/aromatic N) is 3. The van der Waals surface area contributed by atoms with Crippen LogP contribution in [0.2, 0.25) is 0 Å². The van der Waals surface area contributed by atoms with Crippen LogP contribution in [0.1, 0.15) is 24.0 Å². The summed E-state index contributed by atoms with van der Waals surface area (Å²) in [6.45, 7) is 3.99. The van der Waals surface area contributed by atoms with Crippen LogP contribution < -0.4 is 0 Å². The Kier molecular flexibility index (Phi) is 5.11. The molecule has 0 aliphatic carbocycles. The zero-order chi connectivity index (χ0) is 14.5. The number of nitriles is 1. The summed E-state index contributed by atoms with van der Waals surface area (Å²) in [5.74, 6) is 0.449. The number of rotatable bonds is 4. The third kappa shape index (κ3) is 4.29. The summed E-state index contributed by atoms with van der Waals surface area (Å²) in [6.07, 6.45) is 2.39. The standard InChI is InChI=1S/C16H22FN3/c1-19(2)11-13-3-5-20(6-4-13)12-15-7-14(10-18)8-16(17)9-15/h7-9,13H,3-6,11-12H2,1-2H3. The van der Waals surface area contributed by atoms with Crippen LogP contribution in [0.3, 0.4) is 0 Å². The van der Waals surface area contributed by atoms with E-state index in [0.717, 1.165) is 37.7 Å². The highest BCUT2D eigenvalue weighted by Gasteiger charge is 2.19. The maximum atomic E-state index is 13.4. The van der Waals surface area contributed by atoms with Gasteiger partial charge < -0.3 is 4.90 Å². The molecule has 1 saturated heterocycles. The van der Waals surface area contributed by atoms with Gasteiger partial charge in [-0.3, -0.25) is 4.90 Å². The Morgan fingerprint density at radius 1 is 1.30 bits per heavy atom. The van der Waals surface area contributed by atoms with E-state index in [0.29, 0.717) is 5.56 Å². The van der Waals surface area contributed by atoms with Crippen molar-refractivity contribution < 1.29 is 4.39 Å². The number of benzene rings is 1. The molecule has 0 spiro atoms. The highest BCUT2D eigenvalue weighted by Crippen LogP contribution is 2.20. The van der Waals surface area contributed by atoms with E-state index in [1.54, 1.807) is 6.07 Å². The second kappa shape index (κ2) is 6.83. The minimum Gasteiger partial charge on any atom is -0.309 e. The molecule has 1 aliphatic heterocycles. The first-order chi connectivity index (χ1) is 9.56. The minimum atomic E-state index is -0.318. The number of piperidine rings is 1. The van der Waals surface area contributed by atoms with E-state index in [-0.39, 0.29) is 5.82 Å². The molecule has 0 amide bonds. The van der Waals surface area contributed by atoms with Gasteiger partial charge in [-0.05, 0) is 69.7 Å². The molecule has 0 atom stereocenters. The molecule has 1 aliphatic rings. The van der Waals surface area contributed by atoms with Gasteiger partial charge in [-0.25, -0.2) is 4.39 Å². The smallest absolute Gasteiger partial charge is 0.124 e. The van der Waals surface area contributed by atoms with Crippen LogP contribution in [0, 0.1) is 23.1 Å². The number of hydrogen-bond donors (Lipinski definition) is 0. The summed E-state index contributed by atoms with van der Waals surface area (Å²) in [6, 6.07) is 6.62. The van der Waals surface area contributed by atoms with Crippen molar-refractivity contribution in [3.63, 3.8) is 0 Å². The van der Waals surface area contributed by atoms with Crippen molar-refractivity contribution in [1.82, 2.24) is 9.80 Å². The van der Waals surface area contributed by atoms with Gasteiger partial charge in [0, 0.05) is 13.1 Å². The molecule has 0 radical (unpaired) electrons. The zero-order valence-electron chi connectivity index (χ0n) is 12.3. The van der Waals surface area contributed by atoms with Crippen LogP contribution in [0.4, 0.5) is 4.39 Å². The molecule has 108 valence electrons. The fraction of sp³-hybridized carbons (Fsp3) is 0.562.